The molecular formula is C19H25N5O3. The second kappa shape index (κ2) is 7.96. The zero-order valence-corrected chi connectivity index (χ0v) is 15.3. The first kappa shape index (κ1) is 17.8. The van der Waals surface area contributed by atoms with Crippen molar-refractivity contribution in [1.82, 2.24) is 9.97 Å². The predicted molar refractivity (Wildman–Crippen MR) is 103 cm³/mol. The maximum absolute atomic E-state index is 10.9. The van der Waals surface area contributed by atoms with Gasteiger partial charge in [-0.15, -0.1) is 0 Å². The molecule has 0 bridgehead atoms. The van der Waals surface area contributed by atoms with Gasteiger partial charge in [0.1, 0.15) is 11.6 Å². The molecule has 4 rings (SSSR count). The van der Waals surface area contributed by atoms with Crippen LogP contribution in [0.2, 0.25) is 0 Å². The van der Waals surface area contributed by atoms with Crippen LogP contribution in [-0.2, 0) is 9.47 Å². The molecule has 0 radical (unpaired) electrons. The van der Waals surface area contributed by atoms with E-state index in [2.05, 4.69) is 32.3 Å². The Morgan fingerprint density at radius 2 is 1.89 bits per heavy atom. The molecule has 2 heterocycles. The van der Waals surface area contributed by atoms with Crippen molar-refractivity contribution in [1.29, 1.82) is 0 Å². The fourth-order valence-electron chi connectivity index (χ4n) is 3.88. The van der Waals surface area contributed by atoms with Gasteiger partial charge in [0.05, 0.1) is 24.4 Å². The third-order valence-electron chi connectivity index (χ3n) is 5.25. The van der Waals surface area contributed by atoms with Gasteiger partial charge in [-0.25, -0.2) is 4.79 Å². The van der Waals surface area contributed by atoms with E-state index in [0.717, 1.165) is 74.4 Å². The van der Waals surface area contributed by atoms with E-state index in [0.29, 0.717) is 6.04 Å². The number of hydrogen-bond acceptors (Lipinski definition) is 7. The average molecular weight is 371 g/mol. The molecule has 1 saturated heterocycles. The molecule has 2 aromatic rings. The van der Waals surface area contributed by atoms with Crippen molar-refractivity contribution in [2.75, 3.05) is 36.5 Å². The quantitative estimate of drug-likeness (QED) is 0.850. The van der Waals surface area contributed by atoms with Crippen LogP contribution in [0.25, 0.3) is 11.0 Å². The monoisotopic (exact) mass is 371 g/mol. The predicted octanol–water partition coefficient (Wildman–Crippen LogP) is 2.28. The molecule has 1 aromatic heterocycles. The summed E-state index contributed by atoms with van der Waals surface area (Å²) in [5, 5.41) is 3.65. The number of nitrogens with one attached hydrogen (secondary N) is 1. The lowest BCUT2D eigenvalue weighted by atomic mass is 9.92. The topological polar surface area (TPSA) is 103 Å². The van der Waals surface area contributed by atoms with Crippen LogP contribution in [0.15, 0.2) is 24.5 Å². The standard InChI is InChI=1S/C19H25N5O3/c20-19(25)27-15-3-1-13(2-4-15)23-17-12-14(24-7-9-26-10-8-24)11-16-18(17)22-6-5-21-16/h5-6,11-13,15,23H,1-4,7-10H2,(H2,20,25). The number of nitrogens with zero attached hydrogens (tertiary/aromatic N) is 3. The normalized spacial score (nSPS) is 23.2. The minimum absolute atomic E-state index is 0.0724. The lowest BCUT2D eigenvalue weighted by Crippen LogP contribution is -2.36. The molecule has 2 fully saturated rings. The Morgan fingerprint density at radius 3 is 2.63 bits per heavy atom. The maximum Gasteiger partial charge on any atom is 0.404 e. The minimum atomic E-state index is -0.689. The maximum atomic E-state index is 10.9. The van der Waals surface area contributed by atoms with Crippen molar-refractivity contribution in [3.05, 3.63) is 24.5 Å². The van der Waals surface area contributed by atoms with Gasteiger partial charge in [0, 0.05) is 37.2 Å². The highest BCUT2D eigenvalue weighted by Crippen LogP contribution is 2.31. The van der Waals surface area contributed by atoms with Gasteiger partial charge >= 0.3 is 6.09 Å². The van der Waals surface area contributed by atoms with Crippen molar-refractivity contribution in [2.45, 2.75) is 37.8 Å². The summed E-state index contributed by atoms with van der Waals surface area (Å²) in [6, 6.07) is 4.56. The molecule has 1 aliphatic heterocycles. The number of primary amides is 1. The fourth-order valence-corrected chi connectivity index (χ4v) is 3.88. The van der Waals surface area contributed by atoms with Crippen LogP contribution in [0, 0.1) is 0 Å². The van der Waals surface area contributed by atoms with E-state index in [1.54, 1.807) is 12.4 Å². The Labute approximate surface area is 158 Å². The van der Waals surface area contributed by atoms with E-state index in [1.807, 2.05) is 0 Å². The zero-order valence-electron chi connectivity index (χ0n) is 15.3. The molecule has 1 aliphatic carbocycles. The van der Waals surface area contributed by atoms with Gasteiger partial charge in [-0.3, -0.25) is 9.97 Å². The summed E-state index contributed by atoms with van der Waals surface area (Å²) in [5.41, 5.74) is 9.03. The summed E-state index contributed by atoms with van der Waals surface area (Å²) in [7, 11) is 0. The molecule has 8 nitrogen and oxygen atoms in total. The Bertz CT molecular complexity index is 801. The number of aromatic nitrogens is 2. The Balaban J connectivity index is 1.53. The van der Waals surface area contributed by atoms with E-state index in [-0.39, 0.29) is 6.10 Å². The van der Waals surface area contributed by atoms with E-state index >= 15 is 0 Å². The van der Waals surface area contributed by atoms with E-state index in [4.69, 9.17) is 15.2 Å². The Morgan fingerprint density at radius 1 is 1.15 bits per heavy atom. The lowest BCUT2D eigenvalue weighted by molar-refractivity contribution is 0.0806. The van der Waals surface area contributed by atoms with Crippen LogP contribution < -0.4 is 16.0 Å². The highest BCUT2D eigenvalue weighted by Gasteiger charge is 2.24. The van der Waals surface area contributed by atoms with Gasteiger partial charge in [-0.1, -0.05) is 0 Å². The van der Waals surface area contributed by atoms with Crippen LogP contribution in [0.5, 0.6) is 0 Å². The van der Waals surface area contributed by atoms with E-state index < -0.39 is 6.09 Å². The number of nitrogens with two attached hydrogens (primary N) is 1. The van der Waals surface area contributed by atoms with Crippen LogP contribution in [0.1, 0.15) is 25.7 Å². The van der Waals surface area contributed by atoms with Gasteiger partial charge in [0.25, 0.3) is 0 Å². The van der Waals surface area contributed by atoms with Crippen LogP contribution in [-0.4, -0.2) is 54.5 Å². The van der Waals surface area contributed by atoms with Gasteiger partial charge in [-0.2, -0.15) is 0 Å². The molecule has 1 saturated carbocycles. The molecule has 144 valence electrons. The van der Waals surface area contributed by atoms with Crippen molar-refractivity contribution in [2.24, 2.45) is 5.73 Å². The molecule has 2 aliphatic rings. The number of amides is 1. The number of carbonyl (C=O) groups excluding carboxylic acids is 1. The highest BCUT2D eigenvalue weighted by atomic mass is 16.6. The molecular weight excluding hydrogens is 346 g/mol. The molecule has 1 amide bonds. The SMILES string of the molecule is NC(=O)OC1CCC(Nc2cc(N3CCOCC3)cc3nccnc23)CC1. The fraction of sp³-hybridized carbons (Fsp3) is 0.526. The number of carbonyl (C=O) groups is 1. The van der Waals surface area contributed by atoms with Gasteiger partial charge in [-0.05, 0) is 37.8 Å². The van der Waals surface area contributed by atoms with Crippen molar-refractivity contribution >= 4 is 28.5 Å². The molecule has 0 spiro atoms. The first-order valence-corrected chi connectivity index (χ1v) is 9.49. The third kappa shape index (κ3) is 4.21. The Hall–Kier alpha value is -2.61. The summed E-state index contributed by atoms with van der Waals surface area (Å²) in [5.74, 6) is 0. The second-order valence-corrected chi connectivity index (χ2v) is 7.07. The summed E-state index contributed by atoms with van der Waals surface area (Å²) in [6.07, 6.45) is 6.15. The lowest BCUT2D eigenvalue weighted by Gasteiger charge is -2.31. The molecule has 0 unspecified atom stereocenters. The van der Waals surface area contributed by atoms with Gasteiger partial charge in [0.2, 0.25) is 0 Å². The molecule has 27 heavy (non-hydrogen) atoms. The summed E-state index contributed by atoms with van der Waals surface area (Å²) in [6.45, 7) is 3.23. The van der Waals surface area contributed by atoms with Crippen LogP contribution in [0.4, 0.5) is 16.2 Å². The first-order valence-electron chi connectivity index (χ1n) is 9.49. The van der Waals surface area contributed by atoms with Crippen LogP contribution in [0.3, 0.4) is 0 Å². The summed E-state index contributed by atoms with van der Waals surface area (Å²) < 4.78 is 10.6. The number of rotatable bonds is 4. The average Bonchev–Trinajstić information content (AvgIpc) is 2.70. The number of anilines is 2. The van der Waals surface area contributed by atoms with E-state index in [1.165, 1.54) is 0 Å². The van der Waals surface area contributed by atoms with E-state index in [9.17, 15) is 4.79 Å². The summed E-state index contributed by atoms with van der Waals surface area (Å²) in [4.78, 5) is 22.3. The van der Waals surface area contributed by atoms with Crippen molar-refractivity contribution in [3.8, 4) is 0 Å². The number of morpholine rings is 1. The second-order valence-electron chi connectivity index (χ2n) is 7.07. The van der Waals surface area contributed by atoms with Gasteiger partial charge < -0.3 is 25.4 Å². The number of fused-ring (bicyclic) bond motifs is 1. The van der Waals surface area contributed by atoms with Gasteiger partial charge in [0.15, 0.2) is 0 Å². The molecule has 8 heteroatoms. The number of benzene rings is 1. The molecule has 0 atom stereocenters. The molecule has 1 aromatic carbocycles. The number of hydrogen-bond donors (Lipinski definition) is 2. The zero-order chi connectivity index (χ0) is 18.6. The number of ether oxygens (including phenoxy) is 2. The largest absolute Gasteiger partial charge is 0.446 e. The third-order valence-corrected chi connectivity index (χ3v) is 5.25. The highest BCUT2D eigenvalue weighted by molar-refractivity contribution is 5.91. The summed E-state index contributed by atoms with van der Waals surface area (Å²) >= 11 is 0. The van der Waals surface area contributed by atoms with Crippen LogP contribution >= 0.6 is 0 Å². The Kier molecular flexibility index (Phi) is 5.24. The minimum Gasteiger partial charge on any atom is -0.446 e. The smallest absolute Gasteiger partial charge is 0.404 e. The molecule has 3 N–H and O–H groups in total. The first-order chi connectivity index (χ1) is 13.2. The van der Waals surface area contributed by atoms with Crippen molar-refractivity contribution in [3.63, 3.8) is 0 Å². The van der Waals surface area contributed by atoms with Crippen molar-refractivity contribution < 1.29 is 14.3 Å².